The van der Waals surface area contributed by atoms with Crippen molar-refractivity contribution in [3.63, 3.8) is 0 Å². The quantitative estimate of drug-likeness (QED) is 0.562. The number of aromatic hydroxyl groups is 1. The lowest BCUT2D eigenvalue weighted by Crippen LogP contribution is -2.23. The standard InChI is InChI=1S/C24H22N4O2/c1-15-8-22(20-11-17(5-7-23(20)29)18-12-25-14-26-13-18)27-21-6-4-16(9-19(15)21)10-24(30)28(2)3/h4-9,11-14,29H,10H2,1-3H3. The normalized spacial score (nSPS) is 10.9. The molecule has 0 unspecified atom stereocenters. The molecule has 1 amide bonds. The van der Waals surface area contributed by atoms with Gasteiger partial charge < -0.3 is 10.0 Å². The van der Waals surface area contributed by atoms with Crippen LogP contribution in [0.3, 0.4) is 0 Å². The van der Waals surface area contributed by atoms with Gasteiger partial charge in [-0.25, -0.2) is 15.0 Å². The van der Waals surface area contributed by atoms with Gasteiger partial charge in [0.05, 0.1) is 17.6 Å². The van der Waals surface area contributed by atoms with Crippen molar-refractivity contribution in [1.82, 2.24) is 19.9 Å². The van der Waals surface area contributed by atoms with Crippen molar-refractivity contribution in [3.05, 3.63) is 72.3 Å². The molecule has 150 valence electrons. The first-order valence-corrected chi connectivity index (χ1v) is 9.61. The van der Waals surface area contributed by atoms with Crippen LogP contribution in [0.1, 0.15) is 11.1 Å². The van der Waals surface area contributed by atoms with E-state index in [1.165, 1.54) is 6.33 Å². The lowest BCUT2D eigenvalue weighted by Gasteiger charge is -2.12. The van der Waals surface area contributed by atoms with Crippen LogP contribution < -0.4 is 0 Å². The highest BCUT2D eigenvalue weighted by Gasteiger charge is 2.13. The summed E-state index contributed by atoms with van der Waals surface area (Å²) in [5.74, 6) is 0.221. The third-order valence-electron chi connectivity index (χ3n) is 5.10. The molecule has 0 radical (unpaired) electrons. The zero-order chi connectivity index (χ0) is 21.3. The number of aryl methyl sites for hydroxylation is 1. The lowest BCUT2D eigenvalue weighted by atomic mass is 9.99. The number of nitrogens with zero attached hydrogens (tertiary/aromatic N) is 4. The maximum absolute atomic E-state index is 12.0. The number of hydrogen-bond acceptors (Lipinski definition) is 5. The smallest absolute Gasteiger partial charge is 0.226 e. The van der Waals surface area contributed by atoms with Gasteiger partial charge in [-0.2, -0.15) is 0 Å². The Bertz CT molecular complexity index is 1240. The highest BCUT2D eigenvalue weighted by Crippen LogP contribution is 2.34. The summed E-state index contributed by atoms with van der Waals surface area (Å²) in [6.07, 6.45) is 5.31. The highest BCUT2D eigenvalue weighted by atomic mass is 16.3. The molecule has 0 spiro atoms. The third-order valence-corrected chi connectivity index (χ3v) is 5.10. The van der Waals surface area contributed by atoms with E-state index >= 15 is 0 Å². The second-order valence-corrected chi connectivity index (χ2v) is 7.50. The number of amides is 1. The van der Waals surface area contributed by atoms with Crippen LogP contribution in [-0.2, 0) is 11.2 Å². The molecule has 6 heteroatoms. The van der Waals surface area contributed by atoms with Crippen LogP contribution in [-0.4, -0.2) is 45.0 Å². The van der Waals surface area contributed by atoms with E-state index in [9.17, 15) is 9.90 Å². The second-order valence-electron chi connectivity index (χ2n) is 7.50. The first kappa shape index (κ1) is 19.5. The molecule has 4 rings (SSSR count). The molecule has 0 aliphatic heterocycles. The molecule has 0 saturated carbocycles. The fraction of sp³-hybridized carbons (Fsp3) is 0.167. The van der Waals surface area contributed by atoms with Crippen LogP contribution in [0.5, 0.6) is 5.75 Å². The minimum absolute atomic E-state index is 0.0585. The lowest BCUT2D eigenvalue weighted by molar-refractivity contribution is -0.127. The monoisotopic (exact) mass is 398 g/mol. The largest absolute Gasteiger partial charge is 0.507 e. The van der Waals surface area contributed by atoms with Crippen LogP contribution in [0, 0.1) is 6.92 Å². The molecule has 1 N–H and O–H groups in total. The molecule has 4 aromatic rings. The van der Waals surface area contributed by atoms with Crippen molar-refractivity contribution in [2.45, 2.75) is 13.3 Å². The summed E-state index contributed by atoms with van der Waals surface area (Å²) in [5, 5.41) is 11.5. The van der Waals surface area contributed by atoms with E-state index in [-0.39, 0.29) is 11.7 Å². The molecule has 30 heavy (non-hydrogen) atoms. The molecule has 0 atom stereocenters. The first-order valence-electron chi connectivity index (χ1n) is 9.61. The molecule has 2 heterocycles. The van der Waals surface area contributed by atoms with Gasteiger partial charge in [-0.1, -0.05) is 12.1 Å². The van der Waals surface area contributed by atoms with Gasteiger partial charge in [-0.3, -0.25) is 4.79 Å². The highest BCUT2D eigenvalue weighted by molar-refractivity contribution is 5.88. The van der Waals surface area contributed by atoms with Crippen LogP contribution in [0.15, 0.2) is 61.2 Å². The van der Waals surface area contributed by atoms with Gasteiger partial charge in [0.2, 0.25) is 5.91 Å². The molecule has 0 aliphatic carbocycles. The van der Waals surface area contributed by atoms with Gasteiger partial charge >= 0.3 is 0 Å². The van der Waals surface area contributed by atoms with Crippen molar-refractivity contribution >= 4 is 16.8 Å². The Hall–Kier alpha value is -3.80. The molecule has 2 aromatic heterocycles. The molecular formula is C24H22N4O2. The maximum Gasteiger partial charge on any atom is 0.226 e. The third kappa shape index (κ3) is 3.85. The molecule has 0 bridgehead atoms. The van der Waals surface area contributed by atoms with Gasteiger partial charge in [0, 0.05) is 43.0 Å². The number of phenolic OH excluding ortho intramolecular Hbond substituents is 1. The van der Waals surface area contributed by atoms with Gasteiger partial charge in [-0.15, -0.1) is 0 Å². The zero-order valence-electron chi connectivity index (χ0n) is 17.1. The SMILES string of the molecule is Cc1cc(-c2cc(-c3cncnc3)ccc2O)nc2ccc(CC(=O)N(C)C)cc12. The summed E-state index contributed by atoms with van der Waals surface area (Å²) in [6, 6.07) is 13.2. The molecule has 0 saturated heterocycles. The molecule has 6 nitrogen and oxygen atoms in total. The summed E-state index contributed by atoms with van der Waals surface area (Å²) >= 11 is 0. The Morgan fingerprint density at radius 1 is 1.00 bits per heavy atom. The van der Waals surface area contributed by atoms with Crippen LogP contribution >= 0.6 is 0 Å². The van der Waals surface area contributed by atoms with E-state index < -0.39 is 0 Å². The van der Waals surface area contributed by atoms with E-state index in [0.717, 1.165) is 33.2 Å². The fourth-order valence-corrected chi connectivity index (χ4v) is 3.39. The fourth-order valence-electron chi connectivity index (χ4n) is 3.39. The number of likely N-dealkylation sites (N-methyl/N-ethyl adjacent to an activating group) is 1. The Balaban J connectivity index is 1.76. The number of fused-ring (bicyclic) bond motifs is 1. The Morgan fingerprint density at radius 2 is 1.77 bits per heavy atom. The summed E-state index contributed by atoms with van der Waals surface area (Å²) < 4.78 is 0. The summed E-state index contributed by atoms with van der Waals surface area (Å²) in [6.45, 7) is 2.01. The Kier molecular flexibility index (Phi) is 5.14. The number of phenols is 1. The molecule has 2 aromatic carbocycles. The van der Waals surface area contributed by atoms with Crippen molar-refractivity contribution in [2.75, 3.05) is 14.1 Å². The van der Waals surface area contributed by atoms with Crippen molar-refractivity contribution in [1.29, 1.82) is 0 Å². The molecule has 0 fully saturated rings. The predicted octanol–water partition coefficient (Wildman–Crippen LogP) is 4.00. The van der Waals surface area contributed by atoms with Gasteiger partial charge in [0.1, 0.15) is 12.1 Å². The maximum atomic E-state index is 12.0. The first-order chi connectivity index (χ1) is 14.4. The van der Waals surface area contributed by atoms with Gasteiger partial charge in [-0.05, 0) is 53.9 Å². The Morgan fingerprint density at radius 3 is 2.50 bits per heavy atom. The number of benzene rings is 2. The summed E-state index contributed by atoms with van der Waals surface area (Å²) in [4.78, 5) is 26.5. The average Bonchev–Trinajstić information content (AvgIpc) is 2.75. The number of carbonyl (C=O) groups excluding carboxylic acids is 1. The number of rotatable bonds is 4. The van der Waals surface area contributed by atoms with E-state index in [2.05, 4.69) is 9.97 Å². The number of carbonyl (C=O) groups is 1. The average molecular weight is 398 g/mol. The van der Waals surface area contributed by atoms with Crippen molar-refractivity contribution in [3.8, 4) is 28.1 Å². The van der Waals surface area contributed by atoms with Gasteiger partial charge in [0.15, 0.2) is 0 Å². The van der Waals surface area contributed by atoms with E-state index in [4.69, 9.17) is 4.98 Å². The predicted molar refractivity (Wildman–Crippen MR) is 117 cm³/mol. The number of pyridine rings is 1. The van der Waals surface area contributed by atoms with Crippen molar-refractivity contribution in [2.24, 2.45) is 0 Å². The van der Waals surface area contributed by atoms with Gasteiger partial charge in [0.25, 0.3) is 0 Å². The second kappa shape index (κ2) is 7.91. The summed E-state index contributed by atoms with van der Waals surface area (Å²) in [5.41, 5.74) is 5.90. The van der Waals surface area contributed by atoms with E-state index in [0.29, 0.717) is 17.7 Å². The van der Waals surface area contributed by atoms with E-state index in [1.807, 2.05) is 43.3 Å². The Labute approximate surface area is 174 Å². The molecular weight excluding hydrogens is 376 g/mol. The van der Waals surface area contributed by atoms with Crippen LogP contribution in [0.25, 0.3) is 33.3 Å². The van der Waals surface area contributed by atoms with E-state index in [1.54, 1.807) is 37.5 Å². The van der Waals surface area contributed by atoms with Crippen LogP contribution in [0.2, 0.25) is 0 Å². The molecule has 0 aliphatic rings. The minimum Gasteiger partial charge on any atom is -0.507 e. The summed E-state index contributed by atoms with van der Waals surface area (Å²) in [7, 11) is 3.51. The van der Waals surface area contributed by atoms with Crippen molar-refractivity contribution < 1.29 is 9.90 Å². The zero-order valence-corrected chi connectivity index (χ0v) is 17.1. The van der Waals surface area contributed by atoms with Crippen LogP contribution in [0.4, 0.5) is 0 Å². The number of aromatic nitrogens is 3. The topological polar surface area (TPSA) is 79.2 Å². The minimum atomic E-state index is 0.0585. The number of hydrogen-bond donors (Lipinski definition) is 1.